The first-order valence-corrected chi connectivity index (χ1v) is 8.39. The molecule has 1 heterocycles. The highest BCUT2D eigenvalue weighted by molar-refractivity contribution is 6.28. The van der Waals surface area contributed by atoms with Gasteiger partial charge in [0.1, 0.15) is 6.20 Å². The molecule has 0 amide bonds. The van der Waals surface area contributed by atoms with E-state index in [1.54, 1.807) is 6.92 Å². The predicted molar refractivity (Wildman–Crippen MR) is 89.1 cm³/mol. The third-order valence-corrected chi connectivity index (χ3v) is 4.34. The first-order chi connectivity index (χ1) is 11.4. The van der Waals surface area contributed by atoms with Gasteiger partial charge in [0.2, 0.25) is 11.1 Å². The van der Waals surface area contributed by atoms with Crippen LogP contribution in [0.4, 0.5) is 11.5 Å². The van der Waals surface area contributed by atoms with Crippen LogP contribution < -0.4 is 4.90 Å². The monoisotopic (exact) mass is 356 g/mol. The summed E-state index contributed by atoms with van der Waals surface area (Å²) in [7, 11) is 0. The number of hydrogen-bond donors (Lipinski definition) is 0. The summed E-state index contributed by atoms with van der Waals surface area (Å²) in [5, 5.41) is 11.3. The van der Waals surface area contributed by atoms with Crippen LogP contribution in [0.5, 0.6) is 0 Å². The van der Waals surface area contributed by atoms with Gasteiger partial charge in [0.15, 0.2) is 0 Å². The molecule has 1 saturated carbocycles. The summed E-state index contributed by atoms with van der Waals surface area (Å²) in [5.74, 6) is 0.358. The number of carbonyl (C=O) groups excluding carboxylic acids is 1. The molecule has 1 fully saturated rings. The summed E-state index contributed by atoms with van der Waals surface area (Å²) in [5.41, 5.74) is -0.206. The molecule has 0 N–H and O–H groups in total. The molecular weight excluding hydrogens is 336 g/mol. The number of esters is 1. The van der Waals surface area contributed by atoms with Gasteiger partial charge < -0.3 is 9.64 Å². The topological polar surface area (TPSA) is 98.5 Å². The summed E-state index contributed by atoms with van der Waals surface area (Å²) >= 11 is 5.85. The fourth-order valence-electron chi connectivity index (χ4n) is 3.05. The lowest BCUT2D eigenvalue weighted by molar-refractivity contribution is -0.384. The zero-order valence-corrected chi connectivity index (χ0v) is 14.5. The molecule has 0 radical (unpaired) electrons. The Bertz CT molecular complexity index is 613. The Morgan fingerprint density at radius 2 is 2.29 bits per heavy atom. The van der Waals surface area contributed by atoms with E-state index < -0.39 is 4.92 Å². The summed E-state index contributed by atoms with van der Waals surface area (Å²) < 4.78 is 4.96. The van der Waals surface area contributed by atoms with Crippen molar-refractivity contribution in [2.24, 2.45) is 5.92 Å². The molecule has 0 aromatic carbocycles. The molecule has 24 heavy (non-hydrogen) atoms. The van der Waals surface area contributed by atoms with Gasteiger partial charge in [0, 0.05) is 12.6 Å². The Morgan fingerprint density at radius 1 is 1.54 bits per heavy atom. The molecule has 2 rings (SSSR count). The fraction of sp³-hybridized carbons (Fsp3) is 0.667. The van der Waals surface area contributed by atoms with Gasteiger partial charge in [-0.15, -0.1) is 0 Å². The van der Waals surface area contributed by atoms with Crippen molar-refractivity contribution in [2.45, 2.75) is 45.6 Å². The molecule has 0 spiro atoms. The van der Waals surface area contributed by atoms with E-state index >= 15 is 0 Å². The molecule has 1 aromatic heterocycles. The van der Waals surface area contributed by atoms with Gasteiger partial charge >= 0.3 is 11.7 Å². The molecular formula is C15H21ClN4O4. The quantitative estimate of drug-likeness (QED) is 0.320. The number of ether oxygens (including phenoxy) is 1. The summed E-state index contributed by atoms with van der Waals surface area (Å²) in [4.78, 5) is 32.1. The molecule has 2 atom stereocenters. The lowest BCUT2D eigenvalue weighted by Crippen LogP contribution is -2.37. The van der Waals surface area contributed by atoms with Gasteiger partial charge in [0.25, 0.3) is 0 Å². The van der Waals surface area contributed by atoms with Crippen LogP contribution in [0.25, 0.3) is 0 Å². The van der Waals surface area contributed by atoms with Crippen molar-refractivity contribution in [3.63, 3.8) is 0 Å². The normalized spacial score (nSPS) is 20.0. The molecule has 1 aliphatic carbocycles. The van der Waals surface area contributed by atoms with E-state index in [9.17, 15) is 14.9 Å². The third-order valence-electron chi connectivity index (χ3n) is 4.16. The summed E-state index contributed by atoms with van der Waals surface area (Å²) in [6, 6.07) is 0.0825. The van der Waals surface area contributed by atoms with Gasteiger partial charge in [-0.3, -0.25) is 14.9 Å². The van der Waals surface area contributed by atoms with Crippen LogP contribution in [0, 0.1) is 16.0 Å². The van der Waals surface area contributed by atoms with Gasteiger partial charge in [-0.05, 0) is 43.7 Å². The Balaban J connectivity index is 2.29. The van der Waals surface area contributed by atoms with E-state index in [0.29, 0.717) is 19.1 Å². The number of halogens is 1. The Labute approximate surface area is 145 Å². The van der Waals surface area contributed by atoms with Crippen LogP contribution in [-0.4, -0.2) is 40.1 Å². The molecule has 0 saturated heterocycles. The van der Waals surface area contributed by atoms with Crippen molar-refractivity contribution in [1.82, 2.24) is 9.97 Å². The van der Waals surface area contributed by atoms with E-state index in [1.165, 1.54) is 0 Å². The number of anilines is 1. The maximum absolute atomic E-state index is 11.7. The maximum Gasteiger partial charge on any atom is 0.329 e. The van der Waals surface area contributed by atoms with Crippen LogP contribution in [0.3, 0.4) is 0 Å². The second kappa shape index (κ2) is 8.23. The van der Waals surface area contributed by atoms with E-state index in [4.69, 9.17) is 16.3 Å². The van der Waals surface area contributed by atoms with Crippen molar-refractivity contribution < 1.29 is 14.5 Å². The van der Waals surface area contributed by atoms with Crippen molar-refractivity contribution in [3.8, 4) is 0 Å². The van der Waals surface area contributed by atoms with Crippen LogP contribution in [0.1, 0.15) is 39.5 Å². The lowest BCUT2D eigenvalue weighted by atomic mass is 10.1. The largest absolute Gasteiger partial charge is 0.466 e. The number of nitrogens with zero attached hydrogens (tertiary/aromatic N) is 4. The van der Waals surface area contributed by atoms with E-state index in [0.717, 1.165) is 25.5 Å². The van der Waals surface area contributed by atoms with Crippen molar-refractivity contribution in [2.75, 3.05) is 18.1 Å². The van der Waals surface area contributed by atoms with E-state index in [-0.39, 0.29) is 35.2 Å². The molecule has 132 valence electrons. The highest BCUT2D eigenvalue weighted by Gasteiger charge is 2.32. The number of aromatic nitrogens is 2. The highest BCUT2D eigenvalue weighted by Crippen LogP contribution is 2.35. The average Bonchev–Trinajstić information content (AvgIpc) is 2.94. The lowest BCUT2D eigenvalue weighted by Gasteiger charge is -2.29. The fourth-order valence-corrected chi connectivity index (χ4v) is 3.18. The van der Waals surface area contributed by atoms with Gasteiger partial charge in [0.05, 0.1) is 18.0 Å². The van der Waals surface area contributed by atoms with Crippen LogP contribution in [-0.2, 0) is 9.53 Å². The first-order valence-electron chi connectivity index (χ1n) is 8.01. The average molecular weight is 357 g/mol. The Hall–Kier alpha value is -1.96. The highest BCUT2D eigenvalue weighted by atomic mass is 35.5. The van der Waals surface area contributed by atoms with Crippen LogP contribution >= 0.6 is 11.6 Å². The van der Waals surface area contributed by atoms with E-state index in [2.05, 4.69) is 16.9 Å². The Kier molecular flexibility index (Phi) is 6.30. The van der Waals surface area contributed by atoms with Gasteiger partial charge in [-0.25, -0.2) is 4.98 Å². The third kappa shape index (κ3) is 4.53. The minimum Gasteiger partial charge on any atom is -0.466 e. The number of rotatable bonds is 7. The minimum atomic E-state index is -0.526. The molecule has 1 aromatic rings. The maximum atomic E-state index is 11.7. The molecule has 0 bridgehead atoms. The summed E-state index contributed by atoms with van der Waals surface area (Å²) in [6.45, 7) is 4.48. The molecule has 8 nitrogen and oxygen atoms in total. The second-order valence-electron chi connectivity index (χ2n) is 5.93. The summed E-state index contributed by atoms with van der Waals surface area (Å²) in [6.07, 6.45) is 4.06. The smallest absolute Gasteiger partial charge is 0.329 e. The van der Waals surface area contributed by atoms with Gasteiger partial charge in [-0.1, -0.05) is 6.92 Å². The number of hydrogen-bond acceptors (Lipinski definition) is 7. The molecule has 9 heteroatoms. The van der Waals surface area contributed by atoms with Gasteiger partial charge in [-0.2, -0.15) is 4.98 Å². The SMILES string of the molecule is CCOC(=O)CCN(c1nc(Cl)ncc1[N+](=O)[O-])C1CCC(C)C1. The van der Waals surface area contributed by atoms with Crippen molar-refractivity contribution >= 4 is 29.1 Å². The standard InChI is InChI=1S/C15H21ClN4O4/c1-3-24-13(21)6-7-19(11-5-4-10(2)8-11)14-12(20(22)23)9-17-15(16)18-14/h9-11H,3-8H2,1-2H3. The first kappa shape index (κ1) is 18.4. The zero-order chi connectivity index (χ0) is 17.7. The molecule has 0 aliphatic heterocycles. The molecule has 2 unspecified atom stereocenters. The second-order valence-corrected chi connectivity index (χ2v) is 6.26. The number of carbonyl (C=O) groups is 1. The van der Waals surface area contributed by atoms with Crippen molar-refractivity contribution in [1.29, 1.82) is 0 Å². The minimum absolute atomic E-state index is 0.0530. The predicted octanol–water partition coefficient (Wildman–Crippen LogP) is 2.99. The number of nitro groups is 1. The molecule has 1 aliphatic rings. The zero-order valence-electron chi connectivity index (χ0n) is 13.8. The van der Waals surface area contributed by atoms with Crippen LogP contribution in [0.2, 0.25) is 5.28 Å². The Morgan fingerprint density at radius 3 is 2.88 bits per heavy atom. The van der Waals surface area contributed by atoms with E-state index in [1.807, 2.05) is 4.90 Å². The van der Waals surface area contributed by atoms with Crippen LogP contribution in [0.15, 0.2) is 6.20 Å². The van der Waals surface area contributed by atoms with Crippen molar-refractivity contribution in [3.05, 3.63) is 21.6 Å².